The first-order chi connectivity index (χ1) is 16.8. The molecular formula is C25H18Cl2FN3O2S2. The third-order valence-corrected chi connectivity index (χ3v) is 7.22. The Kier molecular flexibility index (Phi) is 8.07. The van der Waals surface area contributed by atoms with Gasteiger partial charge in [0.25, 0.3) is 5.91 Å². The van der Waals surface area contributed by atoms with Crippen molar-refractivity contribution in [2.45, 2.75) is 17.1 Å². The molecule has 178 valence electrons. The fourth-order valence-corrected chi connectivity index (χ4v) is 5.21. The van der Waals surface area contributed by atoms with Crippen LogP contribution in [0.25, 0.3) is 11.3 Å². The lowest BCUT2D eigenvalue weighted by atomic mass is 10.2. The molecule has 0 fully saturated rings. The highest BCUT2D eigenvalue weighted by atomic mass is 35.5. The van der Waals surface area contributed by atoms with Crippen LogP contribution in [-0.4, -0.2) is 22.0 Å². The quantitative estimate of drug-likeness (QED) is 0.234. The van der Waals surface area contributed by atoms with E-state index in [9.17, 15) is 14.0 Å². The van der Waals surface area contributed by atoms with Crippen LogP contribution in [0.15, 0.2) is 77.0 Å². The molecule has 0 radical (unpaired) electrons. The van der Waals surface area contributed by atoms with Crippen LogP contribution in [-0.2, 0) is 4.79 Å². The monoisotopic (exact) mass is 545 g/mol. The summed E-state index contributed by atoms with van der Waals surface area (Å²) < 4.78 is 13.1. The summed E-state index contributed by atoms with van der Waals surface area (Å²) in [6, 6.07) is 17.9. The van der Waals surface area contributed by atoms with Crippen LogP contribution in [0.5, 0.6) is 0 Å². The molecule has 1 atom stereocenters. The van der Waals surface area contributed by atoms with Crippen molar-refractivity contribution in [2.24, 2.45) is 0 Å². The van der Waals surface area contributed by atoms with Crippen molar-refractivity contribution >= 4 is 68.9 Å². The molecule has 1 unspecified atom stereocenters. The Morgan fingerprint density at radius 2 is 1.80 bits per heavy atom. The normalized spacial score (nSPS) is 11.7. The standard InChI is InChI=1S/C25H18Cl2FN3O2S2/c1-14(23(32)31-25-30-22(13-34-25)15-5-8-17(28)9-6-15)35-19-4-2-3-18(12-19)29-24(33)20-10-7-16(26)11-21(20)27/h2-14H,1H3,(H,29,33)(H,30,31,32). The number of nitrogens with zero attached hydrogens (tertiary/aromatic N) is 1. The molecule has 0 aliphatic heterocycles. The molecule has 1 aromatic heterocycles. The van der Waals surface area contributed by atoms with Gasteiger partial charge >= 0.3 is 0 Å². The first-order valence-corrected chi connectivity index (χ1v) is 12.9. The number of carbonyl (C=O) groups is 2. The van der Waals surface area contributed by atoms with Gasteiger partial charge in [0.05, 0.1) is 21.5 Å². The van der Waals surface area contributed by atoms with Crippen LogP contribution in [0.1, 0.15) is 17.3 Å². The Morgan fingerprint density at radius 1 is 1.03 bits per heavy atom. The number of thioether (sulfide) groups is 1. The predicted molar refractivity (Wildman–Crippen MR) is 142 cm³/mol. The van der Waals surface area contributed by atoms with E-state index in [0.29, 0.717) is 27.1 Å². The van der Waals surface area contributed by atoms with Crippen LogP contribution >= 0.6 is 46.3 Å². The topological polar surface area (TPSA) is 71.1 Å². The number of benzene rings is 3. The van der Waals surface area contributed by atoms with Gasteiger partial charge in [-0.15, -0.1) is 23.1 Å². The maximum absolute atomic E-state index is 13.1. The molecule has 0 spiro atoms. The molecular weight excluding hydrogens is 528 g/mol. The second-order valence-corrected chi connectivity index (χ2v) is 10.5. The lowest BCUT2D eigenvalue weighted by Gasteiger charge is -2.12. The number of nitrogens with one attached hydrogen (secondary N) is 2. The number of amides is 2. The van der Waals surface area contributed by atoms with E-state index >= 15 is 0 Å². The Morgan fingerprint density at radius 3 is 2.54 bits per heavy atom. The van der Waals surface area contributed by atoms with E-state index in [2.05, 4.69) is 15.6 Å². The Bertz CT molecular complexity index is 1380. The Labute approximate surface area is 219 Å². The average molecular weight is 546 g/mol. The Hall–Kier alpha value is -2.91. The lowest BCUT2D eigenvalue weighted by molar-refractivity contribution is -0.115. The minimum absolute atomic E-state index is 0.211. The number of hydrogen-bond acceptors (Lipinski definition) is 5. The molecule has 0 aliphatic carbocycles. The summed E-state index contributed by atoms with van der Waals surface area (Å²) in [6.45, 7) is 1.78. The highest BCUT2D eigenvalue weighted by Crippen LogP contribution is 2.29. The maximum Gasteiger partial charge on any atom is 0.257 e. The van der Waals surface area contributed by atoms with E-state index in [-0.39, 0.29) is 22.7 Å². The van der Waals surface area contributed by atoms with Crippen molar-refractivity contribution in [3.05, 3.63) is 93.5 Å². The Balaban J connectivity index is 1.37. The largest absolute Gasteiger partial charge is 0.322 e. The second-order valence-electron chi connectivity index (χ2n) is 7.40. The number of aromatic nitrogens is 1. The van der Waals surface area contributed by atoms with Gasteiger partial charge in [0.15, 0.2) is 5.13 Å². The van der Waals surface area contributed by atoms with Gasteiger partial charge < -0.3 is 10.6 Å². The van der Waals surface area contributed by atoms with Gasteiger partial charge in [-0.25, -0.2) is 9.37 Å². The number of rotatable bonds is 7. The molecule has 1 heterocycles. The second kappa shape index (κ2) is 11.2. The fraction of sp³-hybridized carbons (Fsp3) is 0.0800. The van der Waals surface area contributed by atoms with Gasteiger partial charge in [0, 0.05) is 26.5 Å². The molecule has 4 rings (SSSR count). The third kappa shape index (κ3) is 6.61. The summed E-state index contributed by atoms with van der Waals surface area (Å²) in [5.41, 5.74) is 2.31. The molecule has 5 nitrogen and oxygen atoms in total. The summed E-state index contributed by atoms with van der Waals surface area (Å²) in [4.78, 5) is 30.5. The zero-order chi connectivity index (χ0) is 24.9. The van der Waals surface area contributed by atoms with E-state index in [1.165, 1.54) is 41.3 Å². The first kappa shape index (κ1) is 25.2. The van der Waals surface area contributed by atoms with E-state index < -0.39 is 5.25 Å². The van der Waals surface area contributed by atoms with Crippen molar-refractivity contribution < 1.29 is 14.0 Å². The van der Waals surface area contributed by atoms with E-state index in [1.807, 2.05) is 6.07 Å². The van der Waals surface area contributed by atoms with Gasteiger partial charge in [-0.05, 0) is 67.6 Å². The third-order valence-electron chi connectivity index (χ3n) is 4.82. The van der Waals surface area contributed by atoms with Crippen molar-refractivity contribution in [3.8, 4) is 11.3 Å². The highest BCUT2D eigenvalue weighted by Gasteiger charge is 2.17. The number of halogens is 3. The maximum atomic E-state index is 13.1. The minimum Gasteiger partial charge on any atom is -0.322 e. The zero-order valence-electron chi connectivity index (χ0n) is 18.2. The molecule has 0 saturated heterocycles. The summed E-state index contributed by atoms with van der Waals surface area (Å²) in [5.74, 6) is -0.890. The van der Waals surface area contributed by atoms with Gasteiger partial charge in [0.2, 0.25) is 5.91 Å². The van der Waals surface area contributed by atoms with Crippen molar-refractivity contribution in [1.82, 2.24) is 4.98 Å². The van der Waals surface area contributed by atoms with Crippen LogP contribution in [0.3, 0.4) is 0 Å². The molecule has 10 heteroatoms. The summed E-state index contributed by atoms with van der Waals surface area (Å²) >= 11 is 14.7. The number of hydrogen-bond donors (Lipinski definition) is 2. The van der Waals surface area contributed by atoms with Crippen molar-refractivity contribution in [2.75, 3.05) is 10.6 Å². The fourth-order valence-electron chi connectivity index (χ4n) is 3.07. The number of carbonyl (C=O) groups excluding carboxylic acids is 2. The molecule has 2 amide bonds. The zero-order valence-corrected chi connectivity index (χ0v) is 21.4. The van der Waals surface area contributed by atoms with Gasteiger partial charge in [-0.2, -0.15) is 0 Å². The van der Waals surface area contributed by atoms with Gasteiger partial charge in [-0.3, -0.25) is 9.59 Å². The van der Waals surface area contributed by atoms with E-state index in [0.717, 1.165) is 10.5 Å². The van der Waals surface area contributed by atoms with Crippen LogP contribution < -0.4 is 10.6 Å². The number of thiazole rings is 1. The summed E-state index contributed by atoms with van der Waals surface area (Å²) in [7, 11) is 0. The molecule has 0 aliphatic rings. The smallest absolute Gasteiger partial charge is 0.257 e. The molecule has 35 heavy (non-hydrogen) atoms. The SMILES string of the molecule is CC(Sc1cccc(NC(=O)c2ccc(Cl)cc2Cl)c1)C(=O)Nc1nc(-c2ccc(F)cc2)cs1. The molecule has 4 aromatic rings. The van der Waals surface area contributed by atoms with Crippen LogP contribution in [0.2, 0.25) is 10.0 Å². The molecule has 0 bridgehead atoms. The predicted octanol–water partition coefficient (Wildman–Crippen LogP) is 7.63. The number of anilines is 2. The average Bonchev–Trinajstić information content (AvgIpc) is 3.28. The van der Waals surface area contributed by atoms with Crippen molar-refractivity contribution in [1.29, 1.82) is 0 Å². The lowest BCUT2D eigenvalue weighted by Crippen LogP contribution is -2.22. The molecule has 0 saturated carbocycles. The van der Waals surface area contributed by atoms with Gasteiger partial charge in [0.1, 0.15) is 5.82 Å². The summed E-state index contributed by atoms with van der Waals surface area (Å²) in [6.07, 6.45) is 0. The first-order valence-electron chi connectivity index (χ1n) is 10.3. The van der Waals surface area contributed by atoms with Crippen molar-refractivity contribution in [3.63, 3.8) is 0 Å². The molecule has 3 aromatic carbocycles. The van der Waals surface area contributed by atoms with E-state index in [4.69, 9.17) is 23.2 Å². The van der Waals surface area contributed by atoms with Gasteiger partial charge in [-0.1, -0.05) is 29.3 Å². The van der Waals surface area contributed by atoms with E-state index in [1.54, 1.807) is 54.8 Å². The van der Waals surface area contributed by atoms with Crippen LogP contribution in [0, 0.1) is 5.82 Å². The molecule has 2 N–H and O–H groups in total. The highest BCUT2D eigenvalue weighted by molar-refractivity contribution is 8.00. The van der Waals surface area contributed by atoms with Crippen LogP contribution in [0.4, 0.5) is 15.2 Å². The summed E-state index contributed by atoms with van der Waals surface area (Å²) in [5, 5.41) is 8.18. The minimum atomic E-state index is -0.426.